The van der Waals surface area contributed by atoms with Crippen LogP contribution in [0.1, 0.15) is 57.1 Å². The number of likely N-dealkylation sites (tertiary alicyclic amines) is 1. The van der Waals surface area contributed by atoms with Crippen LogP contribution in [0.15, 0.2) is 36.4 Å². The average Bonchev–Trinajstić information content (AvgIpc) is 3.65. The number of nitrogens with one attached hydrogen (secondary N) is 1. The van der Waals surface area contributed by atoms with Crippen LogP contribution < -0.4 is 5.32 Å². The zero-order chi connectivity index (χ0) is 28.9. The zero-order valence-corrected chi connectivity index (χ0v) is 23.7. The van der Waals surface area contributed by atoms with Gasteiger partial charge in [0.25, 0.3) is 0 Å². The van der Waals surface area contributed by atoms with Crippen molar-refractivity contribution in [1.82, 2.24) is 10.2 Å². The molecular formula is C29H31Cl2F2N3O3. The van der Waals surface area contributed by atoms with Gasteiger partial charge in [-0.1, -0.05) is 62.2 Å². The third kappa shape index (κ3) is 5.37. The van der Waals surface area contributed by atoms with Crippen LogP contribution in [0.2, 0.25) is 10.0 Å². The summed E-state index contributed by atoms with van der Waals surface area (Å²) in [5.41, 5.74) is -2.19. The van der Waals surface area contributed by atoms with Crippen LogP contribution >= 0.6 is 23.2 Å². The summed E-state index contributed by atoms with van der Waals surface area (Å²) in [5.74, 6) is -4.86. The lowest BCUT2D eigenvalue weighted by molar-refractivity contribution is -0.143. The molecule has 1 saturated carbocycles. The Morgan fingerprint density at radius 1 is 1.23 bits per heavy atom. The summed E-state index contributed by atoms with van der Waals surface area (Å²) < 4.78 is 31.5. The number of amides is 1. The van der Waals surface area contributed by atoms with E-state index in [2.05, 4.69) is 11.4 Å². The Balaban J connectivity index is 2.00. The highest BCUT2D eigenvalue weighted by Gasteiger charge is 2.64. The standard InChI is InChI=1S/C29H31Cl2F2N3O3/c1-28(2,3)13-21-29(14-34,18-11-10-16(30)12-20(18)32)22(17-6-5-7-19(31)23(17)33)25(36(21)4)26(37)35-24(27(38)39)15-8-9-15/h5-7,10-12,15,21-22,24-25H,8-9,13H2,1-4H3,(H,35,37)(H,38,39)/t21-,22-,24+,25-,29-/m0/s1. The third-order valence-electron chi connectivity index (χ3n) is 7.87. The fraction of sp³-hybridized carbons (Fsp3) is 0.483. The number of carboxylic acid groups (broad SMARTS) is 1. The summed E-state index contributed by atoms with van der Waals surface area (Å²) >= 11 is 12.2. The van der Waals surface area contributed by atoms with Gasteiger partial charge in [0.2, 0.25) is 5.91 Å². The van der Waals surface area contributed by atoms with Crippen molar-refractivity contribution in [3.8, 4) is 6.07 Å². The van der Waals surface area contributed by atoms with Gasteiger partial charge in [0.1, 0.15) is 23.1 Å². The molecule has 1 aliphatic heterocycles. The second-order valence-electron chi connectivity index (χ2n) is 11.8. The van der Waals surface area contributed by atoms with Gasteiger partial charge < -0.3 is 10.4 Å². The van der Waals surface area contributed by atoms with Gasteiger partial charge >= 0.3 is 5.97 Å². The molecule has 10 heteroatoms. The van der Waals surface area contributed by atoms with Gasteiger partial charge in [0, 0.05) is 22.5 Å². The smallest absolute Gasteiger partial charge is 0.326 e. The highest BCUT2D eigenvalue weighted by molar-refractivity contribution is 6.31. The van der Waals surface area contributed by atoms with Crippen molar-refractivity contribution in [3.05, 3.63) is 69.2 Å². The number of rotatable bonds is 7. The first-order chi connectivity index (χ1) is 18.2. The van der Waals surface area contributed by atoms with Gasteiger partial charge in [0.15, 0.2) is 0 Å². The summed E-state index contributed by atoms with van der Waals surface area (Å²) in [5, 5.41) is 23.3. The summed E-state index contributed by atoms with van der Waals surface area (Å²) in [6.07, 6.45) is 1.66. The summed E-state index contributed by atoms with van der Waals surface area (Å²) in [7, 11) is 1.63. The molecule has 2 fully saturated rings. The van der Waals surface area contributed by atoms with Crippen molar-refractivity contribution in [1.29, 1.82) is 5.26 Å². The quantitative estimate of drug-likeness (QED) is 0.426. The van der Waals surface area contributed by atoms with E-state index in [1.54, 1.807) is 11.9 Å². The topological polar surface area (TPSA) is 93.4 Å². The Kier molecular flexibility index (Phi) is 8.01. The molecule has 5 atom stereocenters. The minimum absolute atomic E-state index is 0.0212. The van der Waals surface area contributed by atoms with Gasteiger partial charge in [-0.15, -0.1) is 0 Å². The van der Waals surface area contributed by atoms with Crippen LogP contribution in [0.25, 0.3) is 0 Å². The second-order valence-corrected chi connectivity index (χ2v) is 12.6. The molecule has 0 unspecified atom stereocenters. The second kappa shape index (κ2) is 10.7. The Morgan fingerprint density at radius 3 is 2.44 bits per heavy atom. The molecule has 1 heterocycles. The van der Waals surface area contributed by atoms with Gasteiger partial charge in [-0.2, -0.15) is 5.26 Å². The zero-order valence-electron chi connectivity index (χ0n) is 22.1. The highest BCUT2D eigenvalue weighted by atomic mass is 35.5. The van der Waals surface area contributed by atoms with Crippen molar-refractivity contribution in [2.75, 3.05) is 7.05 Å². The van der Waals surface area contributed by atoms with E-state index in [1.165, 1.54) is 30.3 Å². The molecule has 0 bridgehead atoms. The number of nitrogens with zero attached hydrogens (tertiary/aromatic N) is 2. The maximum absolute atomic E-state index is 15.8. The number of nitriles is 1. The van der Waals surface area contributed by atoms with Crippen LogP contribution in [-0.2, 0) is 15.0 Å². The van der Waals surface area contributed by atoms with Crippen LogP contribution in [0.3, 0.4) is 0 Å². The number of benzene rings is 2. The molecule has 39 heavy (non-hydrogen) atoms. The average molecular weight is 578 g/mol. The fourth-order valence-corrected chi connectivity index (χ4v) is 6.37. The first kappa shape index (κ1) is 29.3. The monoisotopic (exact) mass is 577 g/mol. The molecule has 4 rings (SSSR count). The van der Waals surface area contributed by atoms with Gasteiger partial charge in [-0.25, -0.2) is 13.6 Å². The molecule has 6 nitrogen and oxygen atoms in total. The van der Waals surface area contributed by atoms with Crippen LogP contribution in [0.5, 0.6) is 0 Å². The van der Waals surface area contributed by atoms with Crippen LogP contribution in [-0.4, -0.2) is 47.1 Å². The highest BCUT2D eigenvalue weighted by Crippen LogP contribution is 2.56. The number of hydrogen-bond acceptors (Lipinski definition) is 4. The molecule has 0 aromatic heterocycles. The Labute approximate surface area is 236 Å². The molecule has 0 spiro atoms. The van der Waals surface area contributed by atoms with Crippen molar-refractivity contribution in [2.45, 2.75) is 69.5 Å². The Bertz CT molecular complexity index is 1340. The molecule has 2 aromatic carbocycles. The lowest BCUT2D eigenvalue weighted by Crippen LogP contribution is -2.52. The number of carbonyl (C=O) groups is 2. The van der Waals surface area contributed by atoms with E-state index in [0.717, 1.165) is 6.07 Å². The molecule has 0 radical (unpaired) electrons. The predicted molar refractivity (Wildman–Crippen MR) is 145 cm³/mol. The molecule has 2 aromatic rings. The summed E-state index contributed by atoms with van der Waals surface area (Å²) in [6.45, 7) is 5.87. The van der Waals surface area contributed by atoms with E-state index >= 15 is 8.78 Å². The number of halogens is 4. The summed E-state index contributed by atoms with van der Waals surface area (Å²) in [4.78, 5) is 27.6. The SMILES string of the molecule is CN1[C@H](C(=O)N[C@@H](C(=O)O)C2CC2)[C@H](c2cccc(Cl)c2F)[C@@](C#N)(c2ccc(Cl)cc2F)[C@@H]1CC(C)(C)C. The van der Waals surface area contributed by atoms with Gasteiger partial charge in [-0.05, 0) is 61.4 Å². The number of carbonyl (C=O) groups excluding carboxylic acids is 1. The van der Waals surface area contributed by atoms with Crippen LogP contribution in [0, 0.1) is 34.3 Å². The molecule has 1 amide bonds. The minimum Gasteiger partial charge on any atom is -0.480 e. The van der Waals surface area contributed by atoms with E-state index in [9.17, 15) is 20.0 Å². The van der Waals surface area contributed by atoms with Gasteiger partial charge in [0.05, 0.1) is 17.1 Å². The van der Waals surface area contributed by atoms with Crippen molar-refractivity contribution in [2.24, 2.45) is 11.3 Å². The molecule has 208 valence electrons. The Morgan fingerprint density at radius 2 is 1.90 bits per heavy atom. The first-order valence-electron chi connectivity index (χ1n) is 12.8. The number of carboxylic acids is 1. The maximum atomic E-state index is 15.8. The lowest BCUT2D eigenvalue weighted by Gasteiger charge is -2.38. The number of aliphatic carboxylic acids is 1. The molecule has 2 aliphatic rings. The van der Waals surface area contributed by atoms with E-state index in [4.69, 9.17) is 23.2 Å². The summed E-state index contributed by atoms with van der Waals surface area (Å²) in [6, 6.07) is 7.49. The van der Waals surface area contributed by atoms with E-state index in [0.29, 0.717) is 19.3 Å². The van der Waals surface area contributed by atoms with Crippen LogP contribution in [0.4, 0.5) is 8.78 Å². The Hall–Kier alpha value is -2.73. The maximum Gasteiger partial charge on any atom is 0.326 e. The fourth-order valence-electron chi connectivity index (χ4n) is 6.03. The first-order valence-corrected chi connectivity index (χ1v) is 13.5. The van der Waals surface area contributed by atoms with Crippen molar-refractivity contribution < 1.29 is 23.5 Å². The van der Waals surface area contributed by atoms with E-state index in [1.807, 2.05) is 20.8 Å². The van der Waals surface area contributed by atoms with E-state index in [-0.39, 0.29) is 32.5 Å². The lowest BCUT2D eigenvalue weighted by atomic mass is 9.62. The van der Waals surface area contributed by atoms with Crippen molar-refractivity contribution in [3.63, 3.8) is 0 Å². The number of hydrogen-bond donors (Lipinski definition) is 2. The predicted octanol–water partition coefficient (Wildman–Crippen LogP) is 5.91. The molecule has 2 N–H and O–H groups in total. The van der Waals surface area contributed by atoms with E-state index < -0.39 is 53.0 Å². The normalized spacial score (nSPS) is 26.2. The number of likely N-dealkylation sites (N-methyl/N-ethyl adjacent to an activating group) is 1. The minimum atomic E-state index is -1.76. The third-order valence-corrected chi connectivity index (χ3v) is 8.40. The largest absolute Gasteiger partial charge is 0.480 e. The van der Waals surface area contributed by atoms with Crippen molar-refractivity contribution >= 4 is 35.1 Å². The molecular weight excluding hydrogens is 547 g/mol. The molecule has 1 saturated heterocycles. The van der Waals surface area contributed by atoms with Gasteiger partial charge in [-0.3, -0.25) is 9.69 Å². The molecule has 1 aliphatic carbocycles.